The molecular formula is C9H9ClO3. The van der Waals surface area contributed by atoms with E-state index in [0.29, 0.717) is 16.3 Å². The van der Waals surface area contributed by atoms with Crippen LogP contribution in [0.1, 0.15) is 15.9 Å². The van der Waals surface area contributed by atoms with Crippen LogP contribution in [0.25, 0.3) is 0 Å². The summed E-state index contributed by atoms with van der Waals surface area (Å²) in [5.41, 5.74) is 0.833. The van der Waals surface area contributed by atoms with Crippen LogP contribution in [0.3, 0.4) is 0 Å². The molecular weight excluding hydrogens is 192 g/mol. The number of halogens is 1. The number of benzene rings is 1. The Bertz CT molecular complexity index is 347. The quantitative estimate of drug-likeness (QED) is 0.797. The number of hydrogen-bond donors (Lipinski definition) is 1. The lowest BCUT2D eigenvalue weighted by Crippen LogP contribution is -2.00. The summed E-state index contributed by atoms with van der Waals surface area (Å²) in [7, 11) is 1.45. The van der Waals surface area contributed by atoms with Gasteiger partial charge in [-0.05, 0) is 24.6 Å². The van der Waals surface area contributed by atoms with Crippen molar-refractivity contribution in [3.8, 4) is 5.75 Å². The average molecular weight is 201 g/mol. The number of ether oxygens (including phenoxy) is 1. The second-order valence-electron chi connectivity index (χ2n) is 2.61. The maximum atomic E-state index is 10.7. The second kappa shape index (κ2) is 3.66. The van der Waals surface area contributed by atoms with Crippen molar-refractivity contribution in [2.75, 3.05) is 7.11 Å². The van der Waals surface area contributed by atoms with E-state index in [1.54, 1.807) is 13.0 Å². The van der Waals surface area contributed by atoms with Gasteiger partial charge in [0.2, 0.25) is 0 Å². The molecule has 0 aromatic heterocycles. The second-order valence-corrected chi connectivity index (χ2v) is 3.01. The van der Waals surface area contributed by atoms with Gasteiger partial charge in [0, 0.05) is 0 Å². The first kappa shape index (κ1) is 9.86. The average Bonchev–Trinajstić information content (AvgIpc) is 2.03. The molecule has 0 aliphatic carbocycles. The summed E-state index contributed by atoms with van der Waals surface area (Å²) in [6.07, 6.45) is 0. The molecule has 1 aromatic rings. The van der Waals surface area contributed by atoms with E-state index < -0.39 is 5.97 Å². The molecule has 0 bridgehead atoms. The molecule has 0 aliphatic rings. The summed E-state index contributed by atoms with van der Waals surface area (Å²) in [4.78, 5) is 10.7. The van der Waals surface area contributed by atoms with Crippen molar-refractivity contribution >= 4 is 17.6 Å². The van der Waals surface area contributed by atoms with Gasteiger partial charge in [-0.25, -0.2) is 4.79 Å². The van der Waals surface area contributed by atoms with E-state index in [0.717, 1.165) is 0 Å². The maximum Gasteiger partial charge on any atom is 0.336 e. The summed E-state index contributed by atoms with van der Waals surface area (Å²) >= 11 is 5.79. The van der Waals surface area contributed by atoms with Gasteiger partial charge in [0.15, 0.2) is 0 Å². The van der Waals surface area contributed by atoms with Gasteiger partial charge in [0.1, 0.15) is 5.75 Å². The molecule has 0 heterocycles. The van der Waals surface area contributed by atoms with Crippen molar-refractivity contribution in [2.24, 2.45) is 0 Å². The van der Waals surface area contributed by atoms with Gasteiger partial charge in [-0.3, -0.25) is 0 Å². The minimum Gasteiger partial charge on any atom is -0.495 e. The number of methoxy groups -OCH3 is 1. The van der Waals surface area contributed by atoms with Crippen LogP contribution in [-0.4, -0.2) is 18.2 Å². The van der Waals surface area contributed by atoms with Crippen molar-refractivity contribution < 1.29 is 14.6 Å². The highest BCUT2D eigenvalue weighted by Crippen LogP contribution is 2.27. The molecule has 70 valence electrons. The Morgan fingerprint density at radius 2 is 2.15 bits per heavy atom. The zero-order chi connectivity index (χ0) is 10.0. The summed E-state index contributed by atoms with van der Waals surface area (Å²) in [5, 5.41) is 9.20. The molecule has 1 rings (SSSR count). The normalized spacial score (nSPS) is 9.77. The van der Waals surface area contributed by atoms with Crippen molar-refractivity contribution in [1.29, 1.82) is 0 Å². The Hall–Kier alpha value is -1.22. The molecule has 0 atom stereocenters. The smallest absolute Gasteiger partial charge is 0.336 e. The van der Waals surface area contributed by atoms with E-state index in [4.69, 9.17) is 21.4 Å². The fourth-order valence-electron chi connectivity index (χ4n) is 1.04. The predicted octanol–water partition coefficient (Wildman–Crippen LogP) is 2.36. The largest absolute Gasteiger partial charge is 0.495 e. The molecule has 0 unspecified atom stereocenters. The molecule has 13 heavy (non-hydrogen) atoms. The van der Waals surface area contributed by atoms with E-state index in [1.807, 2.05) is 0 Å². The Morgan fingerprint density at radius 1 is 1.54 bits per heavy atom. The number of aromatic carboxylic acids is 1. The first-order valence-electron chi connectivity index (χ1n) is 3.63. The number of hydrogen-bond acceptors (Lipinski definition) is 2. The molecule has 0 radical (unpaired) electrons. The first-order chi connectivity index (χ1) is 6.06. The van der Waals surface area contributed by atoms with Gasteiger partial charge < -0.3 is 9.84 Å². The lowest BCUT2D eigenvalue weighted by atomic mass is 10.1. The number of carboxylic acid groups (broad SMARTS) is 1. The molecule has 0 aliphatic heterocycles. The Balaban J connectivity index is 3.30. The summed E-state index contributed by atoms with van der Waals surface area (Å²) in [6.45, 7) is 1.69. The van der Waals surface area contributed by atoms with Gasteiger partial charge in [-0.1, -0.05) is 11.6 Å². The minimum atomic E-state index is -0.979. The molecule has 4 heteroatoms. The maximum absolute atomic E-state index is 10.7. The van der Waals surface area contributed by atoms with Gasteiger partial charge >= 0.3 is 5.97 Å². The van der Waals surface area contributed by atoms with Crippen molar-refractivity contribution in [3.05, 3.63) is 28.3 Å². The minimum absolute atomic E-state index is 0.209. The lowest BCUT2D eigenvalue weighted by molar-refractivity contribution is 0.0695. The van der Waals surface area contributed by atoms with E-state index in [9.17, 15) is 4.79 Å². The van der Waals surface area contributed by atoms with Crippen LogP contribution >= 0.6 is 11.6 Å². The van der Waals surface area contributed by atoms with Gasteiger partial charge in [0.25, 0.3) is 0 Å². The number of rotatable bonds is 2. The zero-order valence-electron chi connectivity index (χ0n) is 7.30. The molecule has 0 fully saturated rings. The van der Waals surface area contributed by atoms with Crippen molar-refractivity contribution in [1.82, 2.24) is 0 Å². The molecule has 1 N–H and O–H groups in total. The molecule has 0 saturated carbocycles. The topological polar surface area (TPSA) is 46.5 Å². The van der Waals surface area contributed by atoms with Crippen LogP contribution in [0, 0.1) is 6.92 Å². The van der Waals surface area contributed by atoms with Crippen LogP contribution < -0.4 is 4.74 Å². The Morgan fingerprint density at radius 3 is 2.62 bits per heavy atom. The summed E-state index contributed by atoms with van der Waals surface area (Å²) in [5.74, 6) is -0.600. The fourth-order valence-corrected chi connectivity index (χ4v) is 1.34. The highest BCUT2D eigenvalue weighted by Gasteiger charge is 2.11. The first-order valence-corrected chi connectivity index (χ1v) is 4.01. The molecule has 0 spiro atoms. The van der Waals surface area contributed by atoms with E-state index >= 15 is 0 Å². The molecule has 1 aromatic carbocycles. The summed E-state index contributed by atoms with van der Waals surface area (Å²) in [6, 6.07) is 2.99. The Labute approximate surface area is 80.9 Å². The monoisotopic (exact) mass is 200 g/mol. The standard InChI is InChI=1S/C9H9ClO3/c1-5-3-7(10)8(13-2)4-6(5)9(11)12/h3-4H,1-2H3,(H,11,12). The van der Waals surface area contributed by atoms with Crippen LogP contribution in [0.2, 0.25) is 5.02 Å². The van der Waals surface area contributed by atoms with E-state index in [-0.39, 0.29) is 5.56 Å². The van der Waals surface area contributed by atoms with Crippen molar-refractivity contribution in [3.63, 3.8) is 0 Å². The fraction of sp³-hybridized carbons (Fsp3) is 0.222. The van der Waals surface area contributed by atoms with Crippen LogP contribution in [0.4, 0.5) is 0 Å². The number of carboxylic acids is 1. The van der Waals surface area contributed by atoms with Crippen LogP contribution in [-0.2, 0) is 0 Å². The third kappa shape index (κ3) is 1.92. The third-order valence-corrected chi connectivity index (χ3v) is 2.02. The lowest BCUT2D eigenvalue weighted by Gasteiger charge is -2.06. The van der Waals surface area contributed by atoms with Gasteiger partial charge in [0.05, 0.1) is 17.7 Å². The van der Waals surface area contributed by atoms with Crippen LogP contribution in [0.5, 0.6) is 5.75 Å². The molecule has 3 nitrogen and oxygen atoms in total. The van der Waals surface area contributed by atoms with Crippen molar-refractivity contribution in [2.45, 2.75) is 6.92 Å². The van der Waals surface area contributed by atoms with E-state index in [2.05, 4.69) is 0 Å². The zero-order valence-corrected chi connectivity index (χ0v) is 8.05. The third-order valence-electron chi connectivity index (χ3n) is 1.73. The predicted molar refractivity (Wildman–Crippen MR) is 49.7 cm³/mol. The van der Waals surface area contributed by atoms with E-state index in [1.165, 1.54) is 13.2 Å². The molecule has 0 saturated heterocycles. The number of aryl methyl sites for hydroxylation is 1. The van der Waals surface area contributed by atoms with Crippen LogP contribution in [0.15, 0.2) is 12.1 Å². The highest BCUT2D eigenvalue weighted by atomic mass is 35.5. The van der Waals surface area contributed by atoms with Gasteiger partial charge in [-0.15, -0.1) is 0 Å². The Kier molecular flexibility index (Phi) is 2.78. The van der Waals surface area contributed by atoms with Gasteiger partial charge in [-0.2, -0.15) is 0 Å². The molecule has 0 amide bonds. The highest BCUT2D eigenvalue weighted by molar-refractivity contribution is 6.32. The number of carbonyl (C=O) groups is 1. The summed E-state index contributed by atoms with van der Waals surface area (Å²) < 4.78 is 4.90. The SMILES string of the molecule is COc1cc(C(=O)O)c(C)cc1Cl.